The minimum absolute atomic E-state index is 0.0392. The van der Waals surface area contributed by atoms with Crippen molar-refractivity contribution >= 4 is 11.9 Å². The van der Waals surface area contributed by atoms with Crippen molar-refractivity contribution in [2.24, 2.45) is 17.6 Å². The molecule has 3 atom stereocenters. The van der Waals surface area contributed by atoms with Gasteiger partial charge in [0.05, 0.1) is 12.0 Å². The number of rotatable bonds is 5. The number of carboxylic acid groups (broad SMARTS) is 1. The second kappa shape index (κ2) is 5.70. The van der Waals surface area contributed by atoms with E-state index in [9.17, 15) is 9.59 Å². The average molecular weight is 216 g/mol. The number of nitrogens with two attached hydrogens (primary N) is 1. The maximum atomic E-state index is 11.5. The number of amides is 1. The molecule has 15 heavy (non-hydrogen) atoms. The molecule has 5 nitrogen and oxygen atoms in total. The first-order valence-corrected chi connectivity index (χ1v) is 5.06. The van der Waals surface area contributed by atoms with Gasteiger partial charge in [-0.3, -0.25) is 9.59 Å². The smallest absolute Gasteiger partial charge is 0.308 e. The monoisotopic (exact) mass is 216 g/mol. The van der Waals surface area contributed by atoms with E-state index in [0.717, 1.165) is 0 Å². The summed E-state index contributed by atoms with van der Waals surface area (Å²) in [6.07, 6.45) is 0. The Bertz CT molecular complexity index is 241. The van der Waals surface area contributed by atoms with E-state index in [1.807, 2.05) is 13.8 Å². The van der Waals surface area contributed by atoms with Crippen molar-refractivity contribution < 1.29 is 14.7 Å². The van der Waals surface area contributed by atoms with Crippen molar-refractivity contribution in [3.8, 4) is 0 Å². The summed E-state index contributed by atoms with van der Waals surface area (Å²) < 4.78 is 0. The van der Waals surface area contributed by atoms with Crippen LogP contribution in [0.15, 0.2) is 0 Å². The predicted molar refractivity (Wildman–Crippen MR) is 57.2 cm³/mol. The number of aliphatic carboxylic acids is 1. The van der Waals surface area contributed by atoms with Crippen LogP contribution in [0.4, 0.5) is 0 Å². The van der Waals surface area contributed by atoms with E-state index < -0.39 is 24.0 Å². The summed E-state index contributed by atoms with van der Waals surface area (Å²) in [6.45, 7) is 6.89. The summed E-state index contributed by atoms with van der Waals surface area (Å²) in [4.78, 5) is 22.1. The Labute approximate surface area is 90.0 Å². The molecule has 0 fully saturated rings. The van der Waals surface area contributed by atoms with E-state index in [-0.39, 0.29) is 11.8 Å². The Morgan fingerprint density at radius 1 is 1.20 bits per heavy atom. The van der Waals surface area contributed by atoms with Gasteiger partial charge in [0.15, 0.2) is 0 Å². The third-order valence-corrected chi connectivity index (χ3v) is 2.53. The number of carbonyl (C=O) groups excluding carboxylic acids is 1. The van der Waals surface area contributed by atoms with E-state index in [2.05, 4.69) is 5.32 Å². The summed E-state index contributed by atoms with van der Waals surface area (Å²) in [5.41, 5.74) is 5.63. The number of nitrogens with one attached hydrogen (secondary N) is 1. The van der Waals surface area contributed by atoms with E-state index in [0.29, 0.717) is 0 Å². The van der Waals surface area contributed by atoms with Gasteiger partial charge in [0.2, 0.25) is 5.91 Å². The molecule has 0 bridgehead atoms. The second-order valence-electron chi connectivity index (χ2n) is 4.19. The standard InChI is InChI=1S/C10H20N2O3/c1-5(2)8(11)9(13)12-7(4)6(3)10(14)15/h5-8H,11H2,1-4H3,(H,12,13)(H,14,15). The largest absolute Gasteiger partial charge is 0.481 e. The molecule has 0 aromatic heterocycles. The lowest BCUT2D eigenvalue weighted by Crippen LogP contribution is -2.49. The predicted octanol–water partition coefficient (Wildman–Crippen LogP) is 0.195. The summed E-state index contributed by atoms with van der Waals surface area (Å²) in [5, 5.41) is 11.3. The Balaban J connectivity index is 4.24. The van der Waals surface area contributed by atoms with Crippen LogP contribution in [0.1, 0.15) is 27.7 Å². The number of carbonyl (C=O) groups is 2. The number of carboxylic acids is 1. The molecule has 0 aromatic carbocycles. The first-order valence-electron chi connectivity index (χ1n) is 5.06. The quantitative estimate of drug-likeness (QED) is 0.612. The summed E-state index contributed by atoms with van der Waals surface area (Å²) in [7, 11) is 0. The molecule has 0 heterocycles. The van der Waals surface area contributed by atoms with Gasteiger partial charge in [-0.1, -0.05) is 13.8 Å². The highest BCUT2D eigenvalue weighted by Gasteiger charge is 2.24. The Morgan fingerprint density at radius 3 is 2.00 bits per heavy atom. The molecule has 0 aliphatic rings. The second-order valence-corrected chi connectivity index (χ2v) is 4.19. The van der Waals surface area contributed by atoms with Gasteiger partial charge in [0, 0.05) is 6.04 Å². The fraction of sp³-hybridized carbons (Fsp3) is 0.800. The molecule has 4 N–H and O–H groups in total. The van der Waals surface area contributed by atoms with E-state index >= 15 is 0 Å². The molecule has 0 saturated carbocycles. The van der Waals surface area contributed by atoms with Crippen molar-refractivity contribution in [2.75, 3.05) is 0 Å². The highest BCUT2D eigenvalue weighted by atomic mass is 16.4. The maximum Gasteiger partial charge on any atom is 0.308 e. The molecule has 5 heteroatoms. The molecular formula is C10H20N2O3. The summed E-state index contributed by atoms with van der Waals surface area (Å²) in [6, 6.07) is -1.01. The zero-order valence-corrected chi connectivity index (χ0v) is 9.65. The van der Waals surface area contributed by atoms with E-state index in [1.165, 1.54) is 0 Å². The minimum atomic E-state index is -0.930. The molecule has 88 valence electrons. The van der Waals surface area contributed by atoms with Crippen LogP contribution in [-0.2, 0) is 9.59 Å². The van der Waals surface area contributed by atoms with Gasteiger partial charge in [-0.25, -0.2) is 0 Å². The van der Waals surface area contributed by atoms with E-state index in [1.54, 1.807) is 13.8 Å². The third kappa shape index (κ3) is 4.29. The van der Waals surface area contributed by atoms with Crippen molar-refractivity contribution in [2.45, 2.75) is 39.8 Å². The van der Waals surface area contributed by atoms with Gasteiger partial charge >= 0.3 is 5.97 Å². The Hall–Kier alpha value is -1.10. The van der Waals surface area contributed by atoms with E-state index in [4.69, 9.17) is 10.8 Å². The van der Waals surface area contributed by atoms with Crippen LogP contribution in [0.25, 0.3) is 0 Å². The van der Waals surface area contributed by atoms with Gasteiger partial charge in [0.1, 0.15) is 0 Å². The summed E-state index contributed by atoms with van der Waals surface area (Å²) >= 11 is 0. The molecule has 0 saturated heterocycles. The number of hydrogen-bond donors (Lipinski definition) is 3. The molecule has 0 aliphatic heterocycles. The highest BCUT2D eigenvalue weighted by molar-refractivity contribution is 5.82. The van der Waals surface area contributed by atoms with Gasteiger partial charge in [0.25, 0.3) is 0 Å². The van der Waals surface area contributed by atoms with Gasteiger partial charge in [-0.2, -0.15) is 0 Å². The Morgan fingerprint density at radius 2 is 1.67 bits per heavy atom. The molecular weight excluding hydrogens is 196 g/mol. The lowest BCUT2D eigenvalue weighted by atomic mass is 10.0. The fourth-order valence-corrected chi connectivity index (χ4v) is 0.962. The van der Waals surface area contributed by atoms with Crippen LogP contribution in [0.2, 0.25) is 0 Å². The fourth-order valence-electron chi connectivity index (χ4n) is 0.962. The topological polar surface area (TPSA) is 92.4 Å². The summed E-state index contributed by atoms with van der Waals surface area (Å²) in [5.74, 6) is -1.81. The van der Waals surface area contributed by atoms with Gasteiger partial charge < -0.3 is 16.2 Å². The zero-order chi connectivity index (χ0) is 12.2. The molecule has 0 radical (unpaired) electrons. The highest BCUT2D eigenvalue weighted by Crippen LogP contribution is 2.04. The van der Waals surface area contributed by atoms with Crippen LogP contribution >= 0.6 is 0 Å². The molecule has 1 amide bonds. The van der Waals surface area contributed by atoms with Crippen molar-refractivity contribution in [1.82, 2.24) is 5.32 Å². The Kier molecular flexibility index (Phi) is 5.28. The van der Waals surface area contributed by atoms with Crippen LogP contribution < -0.4 is 11.1 Å². The van der Waals surface area contributed by atoms with Crippen LogP contribution in [0.3, 0.4) is 0 Å². The lowest BCUT2D eigenvalue weighted by molar-refractivity contribution is -0.142. The van der Waals surface area contributed by atoms with Crippen molar-refractivity contribution in [3.05, 3.63) is 0 Å². The average Bonchev–Trinajstić information content (AvgIpc) is 2.14. The molecule has 0 aliphatic carbocycles. The third-order valence-electron chi connectivity index (χ3n) is 2.53. The minimum Gasteiger partial charge on any atom is -0.481 e. The number of hydrogen-bond acceptors (Lipinski definition) is 3. The molecule has 0 aromatic rings. The van der Waals surface area contributed by atoms with Gasteiger partial charge in [-0.15, -0.1) is 0 Å². The normalized spacial score (nSPS) is 16.9. The van der Waals surface area contributed by atoms with Crippen LogP contribution in [0, 0.1) is 11.8 Å². The van der Waals surface area contributed by atoms with Crippen LogP contribution in [-0.4, -0.2) is 29.1 Å². The van der Waals surface area contributed by atoms with Gasteiger partial charge in [-0.05, 0) is 19.8 Å². The molecule has 0 rings (SSSR count). The van der Waals surface area contributed by atoms with Crippen LogP contribution in [0.5, 0.6) is 0 Å². The zero-order valence-electron chi connectivity index (χ0n) is 9.65. The first kappa shape index (κ1) is 13.9. The SMILES string of the molecule is CC(C)C(N)C(=O)NC(C)C(C)C(=O)O. The van der Waals surface area contributed by atoms with Crippen molar-refractivity contribution in [3.63, 3.8) is 0 Å². The maximum absolute atomic E-state index is 11.5. The molecule has 0 spiro atoms. The molecule has 3 unspecified atom stereocenters. The lowest BCUT2D eigenvalue weighted by Gasteiger charge is -2.21. The first-order chi connectivity index (χ1) is 6.77. The van der Waals surface area contributed by atoms with Crippen molar-refractivity contribution in [1.29, 1.82) is 0 Å².